The van der Waals surface area contributed by atoms with Crippen LogP contribution in [0.4, 0.5) is 28.0 Å². The molecule has 6 nitrogen and oxygen atoms in total. The number of halogens is 4. The van der Waals surface area contributed by atoms with Crippen molar-refractivity contribution in [3.8, 4) is 6.07 Å². The molecule has 0 spiro atoms. The lowest BCUT2D eigenvalue weighted by Gasteiger charge is -2.27. The Balaban J connectivity index is 1.42. The fourth-order valence-corrected chi connectivity index (χ4v) is 4.98. The summed E-state index contributed by atoms with van der Waals surface area (Å²) in [6, 6.07) is 11.6. The number of benzene rings is 2. The summed E-state index contributed by atoms with van der Waals surface area (Å²) in [6.07, 6.45) is -1.14. The van der Waals surface area contributed by atoms with Gasteiger partial charge in [0, 0.05) is 38.4 Å². The molecular weight excluding hydrogens is 488 g/mol. The molecule has 4 rings (SSSR count). The quantitative estimate of drug-likeness (QED) is 0.451. The van der Waals surface area contributed by atoms with Gasteiger partial charge in [0.15, 0.2) is 0 Å². The van der Waals surface area contributed by atoms with Crippen molar-refractivity contribution in [3.63, 3.8) is 0 Å². The molecule has 2 amide bonds. The van der Waals surface area contributed by atoms with Gasteiger partial charge >= 0.3 is 12.2 Å². The first-order chi connectivity index (χ1) is 17.6. The minimum atomic E-state index is -4.87. The highest BCUT2D eigenvalue weighted by atomic mass is 19.4. The Morgan fingerprint density at radius 1 is 1.22 bits per heavy atom. The molecule has 0 aromatic heterocycles. The highest BCUT2D eigenvalue weighted by Crippen LogP contribution is 2.51. The number of hydrogen-bond donors (Lipinski definition) is 2. The van der Waals surface area contributed by atoms with Crippen molar-refractivity contribution >= 4 is 11.7 Å². The molecule has 2 N–H and O–H groups in total. The summed E-state index contributed by atoms with van der Waals surface area (Å²) in [7, 11) is 0. The van der Waals surface area contributed by atoms with Crippen LogP contribution < -0.4 is 5.32 Å². The van der Waals surface area contributed by atoms with E-state index in [1.165, 1.54) is 0 Å². The first kappa shape index (κ1) is 26.9. The average molecular weight is 519 g/mol. The minimum absolute atomic E-state index is 0.0212. The van der Waals surface area contributed by atoms with Crippen LogP contribution in [0.3, 0.4) is 0 Å². The zero-order valence-electron chi connectivity index (χ0n) is 20.4. The van der Waals surface area contributed by atoms with Crippen LogP contribution in [0.5, 0.6) is 0 Å². The smallest absolute Gasteiger partial charge is 0.392 e. The van der Waals surface area contributed by atoms with Crippen LogP contribution in [0, 0.1) is 17.1 Å². The predicted octanol–water partition coefficient (Wildman–Crippen LogP) is 5.13. The topological polar surface area (TPSA) is 79.6 Å². The molecule has 0 unspecified atom stereocenters. The molecule has 1 atom stereocenters. The lowest BCUT2D eigenvalue weighted by atomic mass is 9.90. The van der Waals surface area contributed by atoms with Gasteiger partial charge in [-0.05, 0) is 73.4 Å². The third kappa shape index (κ3) is 6.79. The van der Waals surface area contributed by atoms with Crippen molar-refractivity contribution in [2.75, 3.05) is 38.0 Å². The third-order valence-corrected chi connectivity index (χ3v) is 7.28. The number of anilines is 1. The summed E-state index contributed by atoms with van der Waals surface area (Å²) >= 11 is 0. The standard InChI is InChI=1S/C27H30F4N4O2/c28-24-6-5-21(16-23(24)27(29,30)31)33-25(37)35(14-13-34-12-7-22(36)18-34)11-2-8-26(9-10-26)20-4-1-3-19(15-20)17-32/h1,3-6,15-16,22,36H,2,7-14,18H2,(H,33,37)/t22-/m1/s1. The first-order valence-corrected chi connectivity index (χ1v) is 12.4. The van der Waals surface area contributed by atoms with Gasteiger partial charge in [0.1, 0.15) is 5.82 Å². The van der Waals surface area contributed by atoms with Crippen molar-refractivity contribution in [2.24, 2.45) is 0 Å². The summed E-state index contributed by atoms with van der Waals surface area (Å²) < 4.78 is 53.0. The van der Waals surface area contributed by atoms with E-state index < -0.39 is 29.7 Å². The number of hydrogen-bond acceptors (Lipinski definition) is 4. The van der Waals surface area contributed by atoms with E-state index >= 15 is 0 Å². The highest BCUT2D eigenvalue weighted by Gasteiger charge is 2.43. The Labute approximate surface area is 213 Å². The molecule has 1 heterocycles. The summed E-state index contributed by atoms with van der Waals surface area (Å²) in [5.41, 5.74) is 0.132. The molecule has 0 radical (unpaired) electrons. The molecule has 2 aliphatic rings. The van der Waals surface area contributed by atoms with Gasteiger partial charge in [-0.15, -0.1) is 0 Å². The van der Waals surface area contributed by atoms with Gasteiger partial charge in [-0.2, -0.15) is 18.4 Å². The summed E-state index contributed by atoms with van der Waals surface area (Å²) in [5, 5.41) is 21.5. The minimum Gasteiger partial charge on any atom is -0.392 e. The van der Waals surface area contributed by atoms with Crippen LogP contribution in [-0.2, 0) is 11.6 Å². The van der Waals surface area contributed by atoms with Gasteiger partial charge in [0.25, 0.3) is 0 Å². The van der Waals surface area contributed by atoms with Gasteiger partial charge in [0.05, 0.1) is 23.3 Å². The lowest BCUT2D eigenvalue weighted by molar-refractivity contribution is -0.139. The van der Waals surface area contributed by atoms with E-state index in [0.717, 1.165) is 30.9 Å². The lowest BCUT2D eigenvalue weighted by Crippen LogP contribution is -2.41. The Morgan fingerprint density at radius 2 is 2.00 bits per heavy atom. The number of rotatable bonds is 9. The molecule has 2 aromatic rings. The number of aliphatic hydroxyl groups is 1. The van der Waals surface area contributed by atoms with Crippen molar-refractivity contribution in [1.82, 2.24) is 9.80 Å². The second-order valence-corrected chi connectivity index (χ2v) is 9.93. The van der Waals surface area contributed by atoms with Crippen LogP contribution in [0.15, 0.2) is 42.5 Å². The largest absolute Gasteiger partial charge is 0.419 e. The molecule has 2 aromatic carbocycles. The maximum atomic E-state index is 13.7. The second-order valence-electron chi connectivity index (χ2n) is 9.93. The predicted molar refractivity (Wildman–Crippen MR) is 130 cm³/mol. The Bertz CT molecular complexity index is 1160. The van der Waals surface area contributed by atoms with Crippen LogP contribution in [0.25, 0.3) is 0 Å². The average Bonchev–Trinajstić information content (AvgIpc) is 3.54. The maximum absolute atomic E-state index is 13.7. The van der Waals surface area contributed by atoms with E-state index in [-0.39, 0.29) is 11.1 Å². The van der Waals surface area contributed by atoms with Gasteiger partial charge in [0.2, 0.25) is 0 Å². The summed E-state index contributed by atoms with van der Waals surface area (Å²) in [6.45, 7) is 2.47. The van der Waals surface area contributed by atoms with Gasteiger partial charge in [-0.1, -0.05) is 12.1 Å². The van der Waals surface area contributed by atoms with E-state index in [9.17, 15) is 32.7 Å². The highest BCUT2D eigenvalue weighted by molar-refractivity contribution is 5.89. The SMILES string of the molecule is N#Cc1cccc(C2(CCCN(CCN3CC[C@@H](O)C3)C(=O)Nc3ccc(F)c(C(F)(F)F)c3)CC2)c1. The molecule has 1 saturated carbocycles. The molecule has 10 heteroatoms. The monoisotopic (exact) mass is 518 g/mol. The number of β-amino-alcohol motifs (C(OH)–C–C–N with tert-alkyl or cyclic N) is 1. The molecule has 0 bridgehead atoms. The molecule has 37 heavy (non-hydrogen) atoms. The van der Waals surface area contributed by atoms with Crippen molar-refractivity contribution < 1.29 is 27.5 Å². The van der Waals surface area contributed by atoms with Gasteiger partial charge in [-0.25, -0.2) is 9.18 Å². The van der Waals surface area contributed by atoms with E-state index in [1.54, 1.807) is 11.0 Å². The number of carbonyl (C=O) groups excluding carboxylic acids is 1. The van der Waals surface area contributed by atoms with E-state index in [2.05, 4.69) is 11.4 Å². The number of amides is 2. The number of carbonyl (C=O) groups is 1. The van der Waals surface area contributed by atoms with Crippen LogP contribution in [-0.4, -0.2) is 59.8 Å². The van der Waals surface area contributed by atoms with Gasteiger partial charge < -0.3 is 15.3 Å². The summed E-state index contributed by atoms with van der Waals surface area (Å²) in [5.74, 6) is -1.40. The third-order valence-electron chi connectivity index (χ3n) is 7.28. The van der Waals surface area contributed by atoms with E-state index in [0.29, 0.717) is 63.3 Å². The number of likely N-dealkylation sites (tertiary alicyclic amines) is 1. The first-order valence-electron chi connectivity index (χ1n) is 12.4. The van der Waals surface area contributed by atoms with Crippen molar-refractivity contribution in [1.29, 1.82) is 5.26 Å². The normalized spacial score (nSPS) is 18.9. The number of aliphatic hydroxyl groups excluding tert-OH is 1. The number of nitrogens with zero attached hydrogens (tertiary/aromatic N) is 3. The number of urea groups is 1. The number of alkyl halides is 3. The maximum Gasteiger partial charge on any atom is 0.419 e. The molecular formula is C27H30F4N4O2. The zero-order valence-corrected chi connectivity index (χ0v) is 20.4. The number of nitriles is 1. The molecule has 2 fully saturated rings. The Hall–Kier alpha value is -3.16. The van der Waals surface area contributed by atoms with Crippen LogP contribution in [0.1, 0.15) is 48.8 Å². The van der Waals surface area contributed by atoms with Crippen LogP contribution in [0.2, 0.25) is 0 Å². The van der Waals surface area contributed by atoms with Crippen LogP contribution >= 0.6 is 0 Å². The van der Waals surface area contributed by atoms with E-state index in [4.69, 9.17) is 0 Å². The van der Waals surface area contributed by atoms with E-state index in [1.807, 2.05) is 23.1 Å². The molecule has 1 saturated heterocycles. The zero-order chi connectivity index (χ0) is 26.6. The molecule has 198 valence electrons. The Kier molecular flexibility index (Phi) is 8.05. The second kappa shape index (κ2) is 11.1. The molecule has 1 aliphatic carbocycles. The Morgan fingerprint density at radius 3 is 2.65 bits per heavy atom. The molecule has 1 aliphatic heterocycles. The fraction of sp³-hybridized carbons (Fsp3) is 0.481. The van der Waals surface area contributed by atoms with Crippen molar-refractivity contribution in [2.45, 2.75) is 49.8 Å². The fourth-order valence-electron chi connectivity index (χ4n) is 4.98. The number of nitrogens with one attached hydrogen (secondary N) is 1. The van der Waals surface area contributed by atoms with Gasteiger partial charge in [-0.3, -0.25) is 4.90 Å². The summed E-state index contributed by atoms with van der Waals surface area (Å²) in [4.78, 5) is 16.7. The van der Waals surface area contributed by atoms with Crippen molar-refractivity contribution in [3.05, 3.63) is 65.0 Å².